The Balaban J connectivity index is 2.19. The summed E-state index contributed by atoms with van der Waals surface area (Å²) in [6.07, 6.45) is 3.91. The molecule has 6 heteroatoms. The average molecular weight is 336 g/mol. The summed E-state index contributed by atoms with van der Waals surface area (Å²) in [4.78, 5) is 25.0. The van der Waals surface area contributed by atoms with Crippen LogP contribution >= 0.6 is 22.6 Å². The molecular formula is C10H13IN2O3. The van der Waals surface area contributed by atoms with Crippen molar-refractivity contribution in [3.05, 3.63) is 30.6 Å². The van der Waals surface area contributed by atoms with Gasteiger partial charge in [-0.3, -0.25) is 14.3 Å². The van der Waals surface area contributed by atoms with Crippen molar-refractivity contribution in [3.8, 4) is 0 Å². The van der Waals surface area contributed by atoms with Gasteiger partial charge in [0.05, 0.1) is 22.3 Å². The summed E-state index contributed by atoms with van der Waals surface area (Å²) >= 11 is 1.91. The molecule has 0 amide bonds. The zero-order chi connectivity index (χ0) is 11.7. The average Bonchev–Trinajstić information content (AvgIpc) is 2.60. The minimum Gasteiger partial charge on any atom is -0.373 e. The van der Waals surface area contributed by atoms with E-state index in [0.717, 1.165) is 12.8 Å². The highest BCUT2D eigenvalue weighted by Gasteiger charge is 2.22. The van der Waals surface area contributed by atoms with Crippen molar-refractivity contribution in [2.75, 3.05) is 0 Å². The van der Waals surface area contributed by atoms with Crippen LogP contribution in [0, 0.1) is 3.57 Å². The second-order valence-corrected chi connectivity index (χ2v) is 5.20. The Morgan fingerprint density at radius 1 is 1.56 bits per heavy atom. The molecule has 0 spiro atoms. The summed E-state index contributed by atoms with van der Waals surface area (Å²) in [5.74, 6) is 0. The van der Waals surface area contributed by atoms with Crippen LogP contribution < -0.4 is 11.2 Å². The maximum Gasteiger partial charge on any atom is 0.328 e. The lowest BCUT2D eigenvalue weighted by Crippen LogP contribution is -2.34. The first-order valence-electron chi connectivity index (χ1n) is 5.21. The smallest absolute Gasteiger partial charge is 0.328 e. The molecule has 0 radical (unpaired) electrons. The van der Waals surface area contributed by atoms with Gasteiger partial charge in [-0.15, -0.1) is 0 Å². The molecule has 2 unspecified atom stereocenters. The standard InChI is InChI=1S/C10H13IN2O3/c1-6-2-3-7(16-6)4-13-5-8(11)9(14)12-10(13)15/h5-7H,2-4H2,1H3,(H,12,14,15). The van der Waals surface area contributed by atoms with Gasteiger partial charge in [0, 0.05) is 6.20 Å². The van der Waals surface area contributed by atoms with Crippen LogP contribution in [0.4, 0.5) is 0 Å². The fourth-order valence-electron chi connectivity index (χ4n) is 1.86. The first-order chi connectivity index (χ1) is 7.56. The Morgan fingerprint density at radius 2 is 2.31 bits per heavy atom. The molecule has 2 rings (SSSR count). The van der Waals surface area contributed by atoms with E-state index in [0.29, 0.717) is 10.1 Å². The number of aromatic amines is 1. The van der Waals surface area contributed by atoms with E-state index in [1.807, 2.05) is 29.5 Å². The van der Waals surface area contributed by atoms with Gasteiger partial charge in [0.15, 0.2) is 0 Å². The van der Waals surface area contributed by atoms with Gasteiger partial charge in [0.1, 0.15) is 0 Å². The molecule has 1 aromatic rings. The minimum atomic E-state index is -0.367. The quantitative estimate of drug-likeness (QED) is 0.809. The highest BCUT2D eigenvalue weighted by Crippen LogP contribution is 2.19. The van der Waals surface area contributed by atoms with Crippen LogP contribution in [0.3, 0.4) is 0 Å². The lowest BCUT2D eigenvalue weighted by molar-refractivity contribution is 0.0449. The highest BCUT2D eigenvalue weighted by atomic mass is 127. The van der Waals surface area contributed by atoms with E-state index in [1.165, 1.54) is 4.57 Å². The van der Waals surface area contributed by atoms with Crippen molar-refractivity contribution >= 4 is 22.6 Å². The van der Waals surface area contributed by atoms with Gasteiger partial charge >= 0.3 is 5.69 Å². The molecule has 1 saturated heterocycles. The Kier molecular flexibility index (Phi) is 3.48. The summed E-state index contributed by atoms with van der Waals surface area (Å²) < 4.78 is 7.66. The number of hydrogen-bond acceptors (Lipinski definition) is 3. The number of halogens is 1. The molecule has 16 heavy (non-hydrogen) atoms. The zero-order valence-corrected chi connectivity index (χ0v) is 11.1. The molecule has 88 valence electrons. The van der Waals surface area contributed by atoms with Crippen LogP contribution in [0.5, 0.6) is 0 Å². The number of ether oxygens (including phenoxy) is 1. The summed E-state index contributed by atoms with van der Waals surface area (Å²) in [6, 6.07) is 0. The fraction of sp³-hybridized carbons (Fsp3) is 0.600. The van der Waals surface area contributed by atoms with Crippen LogP contribution in [0.1, 0.15) is 19.8 Å². The molecule has 1 aliphatic heterocycles. The minimum absolute atomic E-state index is 0.0782. The van der Waals surface area contributed by atoms with Crippen molar-refractivity contribution in [1.82, 2.24) is 9.55 Å². The van der Waals surface area contributed by atoms with Gasteiger partial charge in [-0.25, -0.2) is 4.79 Å². The van der Waals surface area contributed by atoms with E-state index in [9.17, 15) is 9.59 Å². The Hall–Kier alpha value is -0.630. The summed E-state index contributed by atoms with van der Waals surface area (Å²) in [5, 5.41) is 0. The predicted octanol–water partition coefficient (Wildman–Crippen LogP) is 0.709. The molecule has 1 fully saturated rings. The molecular weight excluding hydrogens is 323 g/mol. The van der Waals surface area contributed by atoms with Gasteiger partial charge in [0.25, 0.3) is 5.56 Å². The van der Waals surface area contributed by atoms with E-state index in [-0.39, 0.29) is 23.5 Å². The second-order valence-electron chi connectivity index (χ2n) is 4.03. The van der Waals surface area contributed by atoms with E-state index in [4.69, 9.17) is 4.74 Å². The summed E-state index contributed by atoms with van der Waals surface area (Å²) in [6.45, 7) is 2.54. The van der Waals surface area contributed by atoms with Gasteiger partial charge in [0.2, 0.25) is 0 Å². The van der Waals surface area contributed by atoms with Crippen molar-refractivity contribution in [3.63, 3.8) is 0 Å². The van der Waals surface area contributed by atoms with Crippen molar-refractivity contribution in [1.29, 1.82) is 0 Å². The Morgan fingerprint density at radius 3 is 2.94 bits per heavy atom. The zero-order valence-electron chi connectivity index (χ0n) is 8.90. The molecule has 2 atom stereocenters. The molecule has 0 aromatic carbocycles. The van der Waals surface area contributed by atoms with E-state index in [2.05, 4.69) is 4.98 Å². The van der Waals surface area contributed by atoms with Crippen molar-refractivity contribution in [2.24, 2.45) is 0 Å². The molecule has 0 bridgehead atoms. The monoisotopic (exact) mass is 336 g/mol. The third-order valence-electron chi connectivity index (χ3n) is 2.69. The molecule has 1 aromatic heterocycles. The summed E-state index contributed by atoms with van der Waals surface area (Å²) in [7, 11) is 0. The first kappa shape index (κ1) is 11.8. The number of nitrogens with zero attached hydrogens (tertiary/aromatic N) is 1. The maximum atomic E-state index is 11.5. The number of aromatic nitrogens is 2. The highest BCUT2D eigenvalue weighted by molar-refractivity contribution is 14.1. The molecule has 2 heterocycles. The lowest BCUT2D eigenvalue weighted by Gasteiger charge is -2.12. The van der Waals surface area contributed by atoms with Gasteiger partial charge in [-0.05, 0) is 42.4 Å². The third kappa shape index (κ3) is 2.54. The van der Waals surface area contributed by atoms with Crippen LogP contribution in [-0.2, 0) is 11.3 Å². The summed E-state index contributed by atoms with van der Waals surface area (Å²) in [5.41, 5.74) is -0.698. The van der Waals surface area contributed by atoms with Gasteiger partial charge in [-0.2, -0.15) is 0 Å². The third-order valence-corrected chi connectivity index (χ3v) is 3.46. The van der Waals surface area contributed by atoms with Gasteiger partial charge in [-0.1, -0.05) is 0 Å². The number of rotatable bonds is 2. The lowest BCUT2D eigenvalue weighted by atomic mass is 10.2. The number of hydrogen-bond donors (Lipinski definition) is 1. The number of H-pyrrole nitrogens is 1. The molecule has 0 saturated carbocycles. The Bertz CT molecular complexity index is 494. The molecule has 1 aliphatic rings. The predicted molar refractivity (Wildman–Crippen MR) is 67.6 cm³/mol. The SMILES string of the molecule is CC1CCC(Cn2cc(I)c(=O)[nH]c2=O)O1. The van der Waals surface area contributed by atoms with Crippen LogP contribution in [0.2, 0.25) is 0 Å². The van der Waals surface area contributed by atoms with Crippen molar-refractivity contribution in [2.45, 2.75) is 38.5 Å². The van der Waals surface area contributed by atoms with Gasteiger partial charge < -0.3 is 4.74 Å². The molecule has 0 aliphatic carbocycles. The van der Waals surface area contributed by atoms with Crippen molar-refractivity contribution < 1.29 is 4.74 Å². The number of nitrogens with one attached hydrogen (secondary N) is 1. The largest absolute Gasteiger partial charge is 0.373 e. The van der Waals surface area contributed by atoms with Crippen LogP contribution in [0.25, 0.3) is 0 Å². The van der Waals surface area contributed by atoms with Crippen LogP contribution in [0.15, 0.2) is 15.8 Å². The molecule has 1 N–H and O–H groups in total. The topological polar surface area (TPSA) is 64.1 Å². The van der Waals surface area contributed by atoms with E-state index < -0.39 is 0 Å². The second kappa shape index (κ2) is 4.70. The molecule has 5 nitrogen and oxygen atoms in total. The van der Waals surface area contributed by atoms with Crippen LogP contribution in [-0.4, -0.2) is 21.8 Å². The Labute approximate surface area is 106 Å². The first-order valence-corrected chi connectivity index (χ1v) is 6.29. The maximum absolute atomic E-state index is 11.5. The fourth-order valence-corrected chi connectivity index (χ4v) is 2.33. The van der Waals surface area contributed by atoms with E-state index in [1.54, 1.807) is 6.20 Å². The normalized spacial score (nSPS) is 24.9. The van der Waals surface area contributed by atoms with E-state index >= 15 is 0 Å².